The third-order valence-electron chi connectivity index (χ3n) is 3.69. The zero-order chi connectivity index (χ0) is 14.4. The van der Waals surface area contributed by atoms with Crippen molar-refractivity contribution in [3.63, 3.8) is 0 Å². The molecule has 0 radical (unpaired) electrons. The van der Waals surface area contributed by atoms with Crippen LogP contribution in [0.2, 0.25) is 0 Å². The lowest BCUT2D eigenvalue weighted by Gasteiger charge is -2.26. The van der Waals surface area contributed by atoms with Gasteiger partial charge in [-0.25, -0.2) is 0 Å². The standard InChI is InChI=1S/C16H23NO3/c1-13(16(18)19)10-17(12-15-8-5-9-20-15)11-14-6-3-2-4-7-14/h2-4,6-7,13,15H,5,8-12H2,1H3,(H,18,19). The van der Waals surface area contributed by atoms with Gasteiger partial charge in [-0.3, -0.25) is 9.69 Å². The van der Waals surface area contributed by atoms with Gasteiger partial charge in [0.25, 0.3) is 0 Å². The Balaban J connectivity index is 1.96. The van der Waals surface area contributed by atoms with Crippen LogP contribution in [-0.4, -0.2) is 41.8 Å². The van der Waals surface area contributed by atoms with Gasteiger partial charge in [0, 0.05) is 26.2 Å². The summed E-state index contributed by atoms with van der Waals surface area (Å²) in [6, 6.07) is 10.2. The summed E-state index contributed by atoms with van der Waals surface area (Å²) in [5.41, 5.74) is 1.21. The highest BCUT2D eigenvalue weighted by atomic mass is 16.5. The van der Waals surface area contributed by atoms with Crippen LogP contribution in [0, 0.1) is 5.92 Å². The lowest BCUT2D eigenvalue weighted by molar-refractivity contribution is -0.141. The maximum Gasteiger partial charge on any atom is 0.307 e. The molecule has 1 heterocycles. The molecule has 0 aliphatic carbocycles. The van der Waals surface area contributed by atoms with Crippen molar-refractivity contribution < 1.29 is 14.6 Å². The molecule has 2 atom stereocenters. The second-order valence-corrected chi connectivity index (χ2v) is 5.55. The van der Waals surface area contributed by atoms with Crippen LogP contribution < -0.4 is 0 Å². The van der Waals surface area contributed by atoms with Crippen molar-refractivity contribution in [2.75, 3.05) is 19.7 Å². The van der Waals surface area contributed by atoms with Crippen LogP contribution in [0.3, 0.4) is 0 Å². The Morgan fingerprint density at radius 1 is 1.45 bits per heavy atom. The molecule has 20 heavy (non-hydrogen) atoms. The highest BCUT2D eigenvalue weighted by Gasteiger charge is 2.22. The number of aliphatic carboxylic acids is 1. The Bertz CT molecular complexity index is 415. The zero-order valence-corrected chi connectivity index (χ0v) is 12.0. The minimum absolute atomic E-state index is 0.250. The molecule has 1 fully saturated rings. The number of nitrogens with zero attached hydrogens (tertiary/aromatic N) is 1. The number of carbonyl (C=O) groups is 1. The van der Waals surface area contributed by atoms with Gasteiger partial charge in [-0.15, -0.1) is 0 Å². The fraction of sp³-hybridized carbons (Fsp3) is 0.562. The first kappa shape index (κ1) is 15.0. The molecule has 0 bridgehead atoms. The normalized spacial score (nSPS) is 20.2. The van der Waals surface area contributed by atoms with Crippen molar-refractivity contribution in [1.82, 2.24) is 4.90 Å². The molecule has 2 unspecified atom stereocenters. The van der Waals surface area contributed by atoms with Crippen molar-refractivity contribution in [2.24, 2.45) is 5.92 Å². The van der Waals surface area contributed by atoms with E-state index in [0.717, 1.165) is 32.5 Å². The average Bonchev–Trinajstić information content (AvgIpc) is 2.92. The number of ether oxygens (including phenoxy) is 1. The molecule has 0 spiro atoms. The SMILES string of the molecule is CC(CN(Cc1ccccc1)CC1CCCO1)C(=O)O. The maximum atomic E-state index is 11.1. The third kappa shape index (κ3) is 4.62. The molecule has 0 amide bonds. The van der Waals surface area contributed by atoms with Crippen molar-refractivity contribution in [3.05, 3.63) is 35.9 Å². The summed E-state index contributed by atoms with van der Waals surface area (Å²) in [7, 11) is 0. The largest absolute Gasteiger partial charge is 0.481 e. The summed E-state index contributed by atoms with van der Waals surface area (Å²) in [6.45, 7) is 4.74. The number of carboxylic acid groups (broad SMARTS) is 1. The summed E-state index contributed by atoms with van der Waals surface area (Å²) < 4.78 is 5.67. The van der Waals surface area contributed by atoms with Gasteiger partial charge in [-0.1, -0.05) is 37.3 Å². The van der Waals surface area contributed by atoms with Gasteiger partial charge < -0.3 is 9.84 Å². The van der Waals surface area contributed by atoms with E-state index < -0.39 is 5.97 Å². The molecule has 2 rings (SSSR count). The molecule has 1 saturated heterocycles. The van der Waals surface area contributed by atoms with Gasteiger partial charge in [-0.05, 0) is 18.4 Å². The van der Waals surface area contributed by atoms with Crippen LogP contribution in [0.4, 0.5) is 0 Å². The monoisotopic (exact) mass is 277 g/mol. The molecule has 4 nitrogen and oxygen atoms in total. The van der Waals surface area contributed by atoms with Crippen molar-refractivity contribution in [1.29, 1.82) is 0 Å². The molecule has 0 saturated carbocycles. The van der Waals surface area contributed by atoms with Gasteiger partial charge in [-0.2, -0.15) is 0 Å². The van der Waals surface area contributed by atoms with Crippen LogP contribution in [-0.2, 0) is 16.1 Å². The Labute approximate surface area is 120 Å². The molecule has 1 aliphatic rings. The second-order valence-electron chi connectivity index (χ2n) is 5.55. The predicted molar refractivity (Wildman–Crippen MR) is 77.5 cm³/mol. The fourth-order valence-corrected chi connectivity index (χ4v) is 2.59. The van der Waals surface area contributed by atoms with Crippen LogP contribution in [0.15, 0.2) is 30.3 Å². The Morgan fingerprint density at radius 3 is 2.80 bits per heavy atom. The summed E-state index contributed by atoms with van der Waals surface area (Å²) >= 11 is 0. The predicted octanol–water partition coefficient (Wildman–Crippen LogP) is 2.39. The molecule has 1 aliphatic heterocycles. The van der Waals surface area contributed by atoms with Crippen molar-refractivity contribution in [2.45, 2.75) is 32.4 Å². The summed E-state index contributed by atoms with van der Waals surface area (Å²) in [4.78, 5) is 13.3. The number of benzene rings is 1. The van der Waals surface area contributed by atoms with E-state index in [1.807, 2.05) is 18.2 Å². The Hall–Kier alpha value is -1.39. The molecule has 1 aromatic carbocycles. The average molecular weight is 277 g/mol. The van der Waals surface area contributed by atoms with E-state index in [2.05, 4.69) is 17.0 Å². The zero-order valence-electron chi connectivity index (χ0n) is 12.0. The lowest BCUT2D eigenvalue weighted by Crippen LogP contribution is -2.36. The van der Waals surface area contributed by atoms with E-state index in [4.69, 9.17) is 9.84 Å². The van der Waals surface area contributed by atoms with Crippen molar-refractivity contribution >= 4 is 5.97 Å². The van der Waals surface area contributed by atoms with Gasteiger partial charge >= 0.3 is 5.97 Å². The first-order valence-electron chi connectivity index (χ1n) is 7.26. The molecule has 0 aromatic heterocycles. The maximum absolute atomic E-state index is 11.1. The van der Waals surface area contributed by atoms with Gasteiger partial charge in [0.15, 0.2) is 0 Å². The van der Waals surface area contributed by atoms with Crippen LogP contribution in [0.25, 0.3) is 0 Å². The highest BCUT2D eigenvalue weighted by molar-refractivity contribution is 5.69. The summed E-state index contributed by atoms with van der Waals surface area (Å²) in [5, 5.41) is 9.10. The van der Waals surface area contributed by atoms with Crippen molar-refractivity contribution in [3.8, 4) is 0 Å². The highest BCUT2D eigenvalue weighted by Crippen LogP contribution is 2.16. The third-order valence-corrected chi connectivity index (χ3v) is 3.69. The van der Waals surface area contributed by atoms with Gasteiger partial charge in [0.1, 0.15) is 0 Å². The first-order chi connectivity index (χ1) is 9.65. The summed E-state index contributed by atoms with van der Waals surface area (Å²) in [6.07, 6.45) is 2.44. The summed E-state index contributed by atoms with van der Waals surface area (Å²) in [5.74, 6) is -1.10. The van der Waals surface area contributed by atoms with E-state index in [-0.39, 0.29) is 12.0 Å². The van der Waals surface area contributed by atoms with E-state index in [1.165, 1.54) is 5.56 Å². The number of hydrogen-bond acceptors (Lipinski definition) is 3. The topological polar surface area (TPSA) is 49.8 Å². The molecule has 110 valence electrons. The van der Waals surface area contributed by atoms with E-state index >= 15 is 0 Å². The minimum atomic E-state index is -0.740. The molecule has 4 heteroatoms. The number of carboxylic acids is 1. The van der Waals surface area contributed by atoms with E-state index in [0.29, 0.717) is 6.54 Å². The van der Waals surface area contributed by atoms with Crippen LogP contribution >= 0.6 is 0 Å². The van der Waals surface area contributed by atoms with Crippen LogP contribution in [0.5, 0.6) is 0 Å². The van der Waals surface area contributed by atoms with E-state index in [1.54, 1.807) is 6.92 Å². The van der Waals surface area contributed by atoms with E-state index in [9.17, 15) is 4.79 Å². The molecule has 1 aromatic rings. The van der Waals surface area contributed by atoms with Crippen LogP contribution in [0.1, 0.15) is 25.3 Å². The lowest BCUT2D eigenvalue weighted by atomic mass is 10.1. The molecular formula is C16H23NO3. The molecule has 1 N–H and O–H groups in total. The number of hydrogen-bond donors (Lipinski definition) is 1. The quantitative estimate of drug-likeness (QED) is 0.831. The Kier molecular flexibility index (Phi) is 5.56. The van der Waals surface area contributed by atoms with Gasteiger partial charge in [0.05, 0.1) is 12.0 Å². The smallest absolute Gasteiger partial charge is 0.307 e. The second kappa shape index (κ2) is 7.41. The number of rotatable bonds is 7. The first-order valence-corrected chi connectivity index (χ1v) is 7.26. The molecular weight excluding hydrogens is 254 g/mol. The fourth-order valence-electron chi connectivity index (χ4n) is 2.59. The van der Waals surface area contributed by atoms with Gasteiger partial charge in [0.2, 0.25) is 0 Å². The Morgan fingerprint density at radius 2 is 2.20 bits per heavy atom. The minimum Gasteiger partial charge on any atom is -0.481 e.